The van der Waals surface area contributed by atoms with Gasteiger partial charge in [0.25, 0.3) is 0 Å². The number of likely N-dealkylation sites (tertiary alicyclic amines) is 1. The second-order valence-electron chi connectivity index (χ2n) is 12.8. The van der Waals surface area contributed by atoms with Crippen LogP contribution in [0.25, 0.3) is 10.8 Å². The molecule has 3 heterocycles. The Hall–Kier alpha value is -4.53. The summed E-state index contributed by atoms with van der Waals surface area (Å²) in [6.45, 7) is 3.84. The highest BCUT2D eigenvalue weighted by Gasteiger charge is 2.80. The number of hydrogen-bond donors (Lipinski definition) is 3. The standard InChI is InChI=1S/C37H37N3O5/c1-23-20-37-31(30(36(23,2)45-37)33(42)38-21-24-11-5-3-6-12-24)35(44)40(29(22-41)26-14-7-4-8-15-26)32(37)34(43)39-28-18-17-25-13-9-10-16-27(25)19-28/h3-19,23,29-32,41H,20-22H2,1-2H3,(H,38,42)(H,39,43)/t23?,29-,30+,31+,32?,36-,37?/m1/s1. The molecule has 7 rings (SSSR count). The van der Waals surface area contributed by atoms with Crippen LogP contribution >= 0.6 is 0 Å². The van der Waals surface area contributed by atoms with E-state index in [-0.39, 0.29) is 17.7 Å². The minimum absolute atomic E-state index is 0.103. The number of nitrogens with one attached hydrogen (secondary N) is 2. The Morgan fingerprint density at radius 2 is 1.60 bits per heavy atom. The van der Waals surface area contributed by atoms with Crippen LogP contribution in [-0.4, -0.2) is 51.6 Å². The Morgan fingerprint density at radius 3 is 2.31 bits per heavy atom. The molecule has 3 fully saturated rings. The van der Waals surface area contributed by atoms with Crippen LogP contribution in [0, 0.1) is 17.8 Å². The molecule has 7 atom stereocenters. The largest absolute Gasteiger partial charge is 0.394 e. The van der Waals surface area contributed by atoms with Gasteiger partial charge in [0.2, 0.25) is 17.7 Å². The summed E-state index contributed by atoms with van der Waals surface area (Å²) in [5, 5.41) is 18.9. The molecular formula is C37H37N3O5. The number of aliphatic hydroxyl groups excluding tert-OH is 1. The maximum atomic E-state index is 14.7. The van der Waals surface area contributed by atoms with Crippen molar-refractivity contribution in [1.82, 2.24) is 10.2 Å². The summed E-state index contributed by atoms with van der Waals surface area (Å²) in [6, 6.07) is 30.5. The second-order valence-corrected chi connectivity index (χ2v) is 12.8. The number of fused-ring (bicyclic) bond motifs is 2. The van der Waals surface area contributed by atoms with Gasteiger partial charge in [-0.1, -0.05) is 97.9 Å². The highest BCUT2D eigenvalue weighted by atomic mass is 16.5. The molecule has 0 aliphatic carbocycles. The Labute approximate surface area is 262 Å². The van der Waals surface area contributed by atoms with Gasteiger partial charge in [0.1, 0.15) is 11.6 Å². The lowest BCUT2D eigenvalue weighted by molar-refractivity contribution is -0.149. The number of ether oxygens (including phenoxy) is 1. The lowest BCUT2D eigenvalue weighted by Gasteiger charge is -2.37. The van der Waals surface area contributed by atoms with Gasteiger partial charge in [-0.3, -0.25) is 14.4 Å². The molecular weight excluding hydrogens is 566 g/mol. The first kappa shape index (κ1) is 29.2. The molecule has 3 aliphatic heterocycles. The maximum absolute atomic E-state index is 14.7. The van der Waals surface area contributed by atoms with Crippen molar-refractivity contribution in [2.45, 2.75) is 50.1 Å². The van der Waals surface area contributed by atoms with Gasteiger partial charge >= 0.3 is 0 Å². The van der Waals surface area contributed by atoms with E-state index < -0.39 is 47.6 Å². The molecule has 2 bridgehead atoms. The Morgan fingerprint density at radius 1 is 0.933 bits per heavy atom. The van der Waals surface area contributed by atoms with Crippen molar-refractivity contribution in [3.05, 3.63) is 114 Å². The smallest absolute Gasteiger partial charge is 0.250 e. The Bertz CT molecular complexity index is 1760. The number of benzene rings is 4. The third-order valence-electron chi connectivity index (χ3n) is 10.3. The molecule has 3 aliphatic rings. The van der Waals surface area contributed by atoms with Crippen LogP contribution in [0.3, 0.4) is 0 Å². The summed E-state index contributed by atoms with van der Waals surface area (Å²) in [5.41, 5.74) is 0.0424. The zero-order chi connectivity index (χ0) is 31.3. The molecule has 1 spiro atoms. The molecule has 4 aromatic rings. The van der Waals surface area contributed by atoms with Gasteiger partial charge in [0, 0.05) is 12.2 Å². The minimum Gasteiger partial charge on any atom is -0.394 e. The highest BCUT2D eigenvalue weighted by Crippen LogP contribution is 2.66. The third kappa shape index (κ3) is 4.62. The van der Waals surface area contributed by atoms with E-state index in [1.165, 1.54) is 4.90 Å². The zero-order valence-electron chi connectivity index (χ0n) is 25.4. The molecule has 0 aromatic heterocycles. The average Bonchev–Trinajstić information content (AvgIpc) is 3.57. The van der Waals surface area contributed by atoms with Gasteiger partial charge < -0.3 is 25.4 Å². The molecule has 0 saturated carbocycles. The molecule has 45 heavy (non-hydrogen) atoms. The van der Waals surface area contributed by atoms with E-state index in [0.29, 0.717) is 24.2 Å². The van der Waals surface area contributed by atoms with Crippen molar-refractivity contribution in [2.24, 2.45) is 17.8 Å². The molecule has 3 saturated heterocycles. The summed E-state index contributed by atoms with van der Waals surface area (Å²) in [7, 11) is 0. The topological polar surface area (TPSA) is 108 Å². The summed E-state index contributed by atoms with van der Waals surface area (Å²) < 4.78 is 6.88. The number of amides is 3. The molecule has 3 N–H and O–H groups in total. The lowest BCUT2D eigenvalue weighted by Crippen LogP contribution is -2.55. The number of rotatable bonds is 8. The molecule has 3 amide bonds. The SMILES string of the molecule is CC1CC23O[C@@]1(C)[C@H](C(=O)NCc1ccccc1)[C@H]2C(=O)N([C@H](CO)c1ccccc1)C3C(=O)Nc1ccc2ccccc2c1. The highest BCUT2D eigenvalue weighted by molar-refractivity contribution is 6.04. The van der Waals surface area contributed by atoms with Crippen LogP contribution in [0.1, 0.15) is 37.4 Å². The fourth-order valence-electron chi connectivity index (χ4n) is 8.11. The van der Waals surface area contributed by atoms with Crippen LogP contribution < -0.4 is 10.6 Å². The first-order chi connectivity index (χ1) is 21.8. The lowest BCUT2D eigenvalue weighted by atomic mass is 9.62. The fraction of sp³-hybridized carbons (Fsp3) is 0.324. The summed E-state index contributed by atoms with van der Waals surface area (Å²) in [4.78, 5) is 44.7. The predicted octanol–water partition coefficient (Wildman–Crippen LogP) is 4.84. The van der Waals surface area contributed by atoms with Crippen LogP contribution in [0.5, 0.6) is 0 Å². The van der Waals surface area contributed by atoms with Gasteiger partial charge in [-0.15, -0.1) is 0 Å². The van der Waals surface area contributed by atoms with Crippen molar-refractivity contribution in [3.8, 4) is 0 Å². The second kappa shape index (κ2) is 11.1. The van der Waals surface area contributed by atoms with Crippen molar-refractivity contribution in [1.29, 1.82) is 0 Å². The summed E-state index contributed by atoms with van der Waals surface area (Å²) >= 11 is 0. The first-order valence-corrected chi connectivity index (χ1v) is 15.6. The zero-order valence-corrected chi connectivity index (χ0v) is 25.4. The van der Waals surface area contributed by atoms with Gasteiger partial charge in [0.15, 0.2) is 0 Å². The van der Waals surface area contributed by atoms with E-state index in [1.54, 1.807) is 0 Å². The number of nitrogens with zero attached hydrogens (tertiary/aromatic N) is 1. The van der Waals surface area contributed by atoms with E-state index in [2.05, 4.69) is 10.6 Å². The molecule has 8 nitrogen and oxygen atoms in total. The molecule has 230 valence electrons. The van der Waals surface area contributed by atoms with Crippen molar-refractivity contribution < 1.29 is 24.2 Å². The number of anilines is 1. The normalized spacial score (nSPS) is 29.0. The molecule has 4 aromatic carbocycles. The van der Waals surface area contributed by atoms with Crippen molar-refractivity contribution in [3.63, 3.8) is 0 Å². The first-order valence-electron chi connectivity index (χ1n) is 15.6. The van der Waals surface area contributed by atoms with E-state index in [4.69, 9.17) is 4.74 Å². The van der Waals surface area contributed by atoms with Gasteiger partial charge in [-0.25, -0.2) is 0 Å². The molecule has 0 radical (unpaired) electrons. The van der Waals surface area contributed by atoms with E-state index >= 15 is 0 Å². The average molecular weight is 604 g/mol. The number of carbonyl (C=O) groups excluding carboxylic acids is 3. The third-order valence-corrected chi connectivity index (χ3v) is 10.3. The van der Waals surface area contributed by atoms with Crippen molar-refractivity contribution in [2.75, 3.05) is 11.9 Å². The minimum atomic E-state index is -1.25. The Kier molecular flexibility index (Phi) is 7.22. The van der Waals surface area contributed by atoms with E-state index in [9.17, 15) is 19.5 Å². The molecule has 8 heteroatoms. The number of hydrogen-bond acceptors (Lipinski definition) is 5. The monoisotopic (exact) mass is 603 g/mol. The summed E-state index contributed by atoms with van der Waals surface area (Å²) in [5.74, 6) is -2.84. The quantitative estimate of drug-likeness (QED) is 0.267. The number of aliphatic hydroxyl groups is 1. The maximum Gasteiger partial charge on any atom is 0.250 e. The van der Waals surface area contributed by atoms with Gasteiger partial charge in [0.05, 0.1) is 30.1 Å². The molecule has 3 unspecified atom stereocenters. The van der Waals surface area contributed by atoms with E-state index in [1.807, 2.05) is 117 Å². The van der Waals surface area contributed by atoms with Gasteiger partial charge in [-0.05, 0) is 53.3 Å². The summed E-state index contributed by atoms with van der Waals surface area (Å²) in [6.07, 6.45) is 0.432. The van der Waals surface area contributed by atoms with Crippen LogP contribution in [-0.2, 0) is 25.7 Å². The van der Waals surface area contributed by atoms with Crippen LogP contribution in [0.2, 0.25) is 0 Å². The van der Waals surface area contributed by atoms with Crippen LogP contribution in [0.4, 0.5) is 5.69 Å². The number of carbonyl (C=O) groups is 3. The fourth-order valence-corrected chi connectivity index (χ4v) is 8.11. The Balaban J connectivity index is 1.29. The van der Waals surface area contributed by atoms with E-state index in [0.717, 1.165) is 16.3 Å². The predicted molar refractivity (Wildman–Crippen MR) is 171 cm³/mol. The van der Waals surface area contributed by atoms with Crippen molar-refractivity contribution >= 4 is 34.2 Å². The van der Waals surface area contributed by atoms with Crippen LogP contribution in [0.15, 0.2) is 103 Å². The van der Waals surface area contributed by atoms with Gasteiger partial charge in [-0.2, -0.15) is 0 Å².